The third-order valence-corrected chi connectivity index (χ3v) is 6.28. The van der Waals surface area contributed by atoms with Crippen LogP contribution in [0, 0.1) is 13.8 Å². The molecule has 1 fully saturated rings. The summed E-state index contributed by atoms with van der Waals surface area (Å²) in [7, 11) is 0. The van der Waals surface area contributed by atoms with Crippen LogP contribution in [0.3, 0.4) is 0 Å². The Morgan fingerprint density at radius 1 is 1.08 bits per heavy atom. The van der Waals surface area contributed by atoms with Crippen molar-refractivity contribution in [2.24, 2.45) is 0 Å². The number of fused-ring (bicyclic) bond motifs is 1. The Bertz CT molecular complexity index is 867. The molecule has 5 heteroatoms. The maximum Gasteiger partial charge on any atom is 0.109 e. The lowest BCUT2D eigenvalue weighted by atomic mass is 10.0. The highest BCUT2D eigenvalue weighted by Gasteiger charge is 2.25. The van der Waals surface area contributed by atoms with Crippen molar-refractivity contribution in [2.45, 2.75) is 26.8 Å². The number of rotatable bonds is 3. The molecule has 1 saturated heterocycles. The number of hydrogen-bond donors (Lipinski definition) is 0. The fourth-order valence-corrected chi connectivity index (χ4v) is 4.48. The van der Waals surface area contributed by atoms with E-state index in [9.17, 15) is 0 Å². The molecule has 4 rings (SSSR count). The molecule has 4 nitrogen and oxygen atoms in total. The SMILES string of the molecule is Cc1nc2ccccc2c(N2CCN(C(C)c3nccs3)CC2)c1C. The van der Waals surface area contributed by atoms with E-state index in [1.165, 1.54) is 21.6 Å². The van der Waals surface area contributed by atoms with Gasteiger partial charge in [0.05, 0.1) is 17.2 Å². The first-order valence-corrected chi connectivity index (χ1v) is 9.77. The molecule has 25 heavy (non-hydrogen) atoms. The predicted octanol–water partition coefficient (Wildman–Crippen LogP) is 4.19. The second-order valence-electron chi connectivity index (χ2n) is 6.76. The largest absolute Gasteiger partial charge is 0.368 e. The normalized spacial score (nSPS) is 17.2. The first-order valence-electron chi connectivity index (χ1n) is 8.89. The van der Waals surface area contributed by atoms with Crippen molar-refractivity contribution in [1.82, 2.24) is 14.9 Å². The summed E-state index contributed by atoms with van der Waals surface area (Å²) in [6.45, 7) is 10.8. The van der Waals surface area contributed by atoms with E-state index < -0.39 is 0 Å². The highest BCUT2D eigenvalue weighted by Crippen LogP contribution is 2.33. The zero-order valence-electron chi connectivity index (χ0n) is 15.1. The average molecular weight is 353 g/mol. The van der Waals surface area contributed by atoms with E-state index in [1.807, 2.05) is 6.20 Å². The van der Waals surface area contributed by atoms with Crippen LogP contribution in [0.25, 0.3) is 10.9 Å². The van der Waals surface area contributed by atoms with Gasteiger partial charge in [0, 0.05) is 48.8 Å². The van der Waals surface area contributed by atoms with Crippen LogP contribution in [0.15, 0.2) is 35.8 Å². The van der Waals surface area contributed by atoms with E-state index in [4.69, 9.17) is 4.98 Å². The van der Waals surface area contributed by atoms with E-state index in [1.54, 1.807) is 11.3 Å². The van der Waals surface area contributed by atoms with Crippen molar-refractivity contribution in [3.63, 3.8) is 0 Å². The van der Waals surface area contributed by atoms with Gasteiger partial charge in [-0.25, -0.2) is 4.98 Å². The molecule has 0 N–H and O–H groups in total. The molecule has 0 bridgehead atoms. The minimum atomic E-state index is 0.402. The van der Waals surface area contributed by atoms with Crippen LogP contribution in [0.4, 0.5) is 5.69 Å². The zero-order valence-corrected chi connectivity index (χ0v) is 15.9. The molecule has 1 aliphatic heterocycles. The molecule has 1 atom stereocenters. The number of piperazine rings is 1. The lowest BCUT2D eigenvalue weighted by molar-refractivity contribution is 0.198. The molecule has 130 valence electrons. The minimum absolute atomic E-state index is 0.402. The van der Waals surface area contributed by atoms with E-state index in [0.717, 1.165) is 37.4 Å². The number of anilines is 1. The summed E-state index contributed by atoms with van der Waals surface area (Å²) in [5.74, 6) is 0. The van der Waals surface area contributed by atoms with Crippen molar-refractivity contribution in [3.8, 4) is 0 Å². The summed E-state index contributed by atoms with van der Waals surface area (Å²) in [6, 6.07) is 8.91. The molecule has 1 unspecified atom stereocenters. The topological polar surface area (TPSA) is 32.3 Å². The van der Waals surface area contributed by atoms with Crippen molar-refractivity contribution in [2.75, 3.05) is 31.1 Å². The second-order valence-corrected chi connectivity index (χ2v) is 7.68. The van der Waals surface area contributed by atoms with Gasteiger partial charge in [0.25, 0.3) is 0 Å². The van der Waals surface area contributed by atoms with Crippen LogP contribution in [-0.4, -0.2) is 41.0 Å². The van der Waals surface area contributed by atoms with Gasteiger partial charge in [-0.2, -0.15) is 0 Å². The van der Waals surface area contributed by atoms with Gasteiger partial charge >= 0.3 is 0 Å². The van der Waals surface area contributed by atoms with Crippen LogP contribution < -0.4 is 4.90 Å². The third-order valence-electron chi connectivity index (χ3n) is 5.33. The Balaban J connectivity index is 1.59. The Kier molecular flexibility index (Phi) is 4.44. The van der Waals surface area contributed by atoms with Gasteiger partial charge in [0.1, 0.15) is 5.01 Å². The Morgan fingerprint density at radius 2 is 1.84 bits per heavy atom. The number of pyridine rings is 1. The van der Waals surface area contributed by atoms with E-state index in [2.05, 4.69) is 65.2 Å². The van der Waals surface area contributed by atoms with Crippen LogP contribution >= 0.6 is 11.3 Å². The van der Waals surface area contributed by atoms with E-state index in [-0.39, 0.29) is 0 Å². The standard InChI is InChI=1S/C20H24N4S/c1-14-15(2)22-18-7-5-4-6-17(18)19(14)24-11-9-23(10-12-24)16(3)20-21-8-13-25-20/h4-8,13,16H,9-12H2,1-3H3. The maximum atomic E-state index is 4.76. The van der Waals surface area contributed by atoms with Gasteiger partial charge in [0.2, 0.25) is 0 Å². The van der Waals surface area contributed by atoms with Gasteiger partial charge in [-0.3, -0.25) is 9.88 Å². The van der Waals surface area contributed by atoms with Gasteiger partial charge in [0.15, 0.2) is 0 Å². The molecule has 3 aromatic rings. The molecule has 2 aromatic heterocycles. The number of para-hydroxylation sites is 1. The first-order chi connectivity index (χ1) is 12.1. The average Bonchev–Trinajstić information content (AvgIpc) is 3.17. The molecule has 1 aliphatic rings. The van der Waals surface area contributed by atoms with Gasteiger partial charge in [-0.15, -0.1) is 11.3 Å². The number of benzene rings is 1. The molecule has 0 spiro atoms. The lowest BCUT2D eigenvalue weighted by Crippen LogP contribution is -2.47. The number of hydrogen-bond acceptors (Lipinski definition) is 5. The molecule has 0 saturated carbocycles. The van der Waals surface area contributed by atoms with Crippen LogP contribution in [-0.2, 0) is 0 Å². The lowest BCUT2D eigenvalue weighted by Gasteiger charge is -2.39. The number of aryl methyl sites for hydroxylation is 1. The Morgan fingerprint density at radius 3 is 2.56 bits per heavy atom. The van der Waals surface area contributed by atoms with Gasteiger partial charge < -0.3 is 4.90 Å². The van der Waals surface area contributed by atoms with Crippen molar-refractivity contribution >= 4 is 27.9 Å². The predicted molar refractivity (Wildman–Crippen MR) is 106 cm³/mol. The van der Waals surface area contributed by atoms with Crippen molar-refractivity contribution in [3.05, 3.63) is 52.1 Å². The zero-order chi connectivity index (χ0) is 17.4. The molecular formula is C20H24N4S. The fraction of sp³-hybridized carbons (Fsp3) is 0.400. The Labute approximate surface area is 153 Å². The number of aromatic nitrogens is 2. The fourth-order valence-electron chi connectivity index (χ4n) is 3.75. The monoisotopic (exact) mass is 352 g/mol. The second kappa shape index (κ2) is 6.73. The van der Waals surface area contributed by atoms with Crippen molar-refractivity contribution in [1.29, 1.82) is 0 Å². The van der Waals surface area contributed by atoms with Crippen LogP contribution in [0.5, 0.6) is 0 Å². The number of thiazole rings is 1. The molecule has 0 radical (unpaired) electrons. The maximum absolute atomic E-state index is 4.76. The molecule has 0 amide bonds. The molecule has 3 heterocycles. The first kappa shape index (κ1) is 16.5. The summed E-state index contributed by atoms with van der Waals surface area (Å²) in [5.41, 5.74) is 4.90. The number of nitrogens with zero attached hydrogens (tertiary/aromatic N) is 4. The summed E-state index contributed by atoms with van der Waals surface area (Å²) in [5, 5.41) is 4.55. The smallest absolute Gasteiger partial charge is 0.109 e. The van der Waals surface area contributed by atoms with Crippen LogP contribution in [0.2, 0.25) is 0 Å². The Hall–Kier alpha value is -1.98. The quantitative estimate of drug-likeness (QED) is 0.707. The molecular weight excluding hydrogens is 328 g/mol. The highest BCUT2D eigenvalue weighted by molar-refractivity contribution is 7.09. The highest BCUT2D eigenvalue weighted by atomic mass is 32.1. The summed E-state index contributed by atoms with van der Waals surface area (Å²) >= 11 is 1.75. The van der Waals surface area contributed by atoms with Crippen molar-refractivity contribution < 1.29 is 0 Å². The minimum Gasteiger partial charge on any atom is -0.368 e. The third kappa shape index (κ3) is 3.02. The summed E-state index contributed by atoms with van der Waals surface area (Å²) in [4.78, 5) is 14.3. The molecule has 1 aromatic carbocycles. The van der Waals surface area contributed by atoms with E-state index in [0.29, 0.717) is 6.04 Å². The van der Waals surface area contributed by atoms with Crippen LogP contribution in [0.1, 0.15) is 29.2 Å². The van der Waals surface area contributed by atoms with Gasteiger partial charge in [-0.1, -0.05) is 18.2 Å². The van der Waals surface area contributed by atoms with Gasteiger partial charge in [-0.05, 0) is 32.4 Å². The summed E-state index contributed by atoms with van der Waals surface area (Å²) < 4.78 is 0. The summed E-state index contributed by atoms with van der Waals surface area (Å²) in [6.07, 6.45) is 1.90. The van der Waals surface area contributed by atoms with E-state index >= 15 is 0 Å². The molecule has 0 aliphatic carbocycles.